The Morgan fingerprint density at radius 2 is 1.52 bits per heavy atom. The van der Waals surface area contributed by atoms with Crippen LogP contribution in [0.25, 0.3) is 30.4 Å². The van der Waals surface area contributed by atoms with Crippen LogP contribution in [0.4, 0.5) is 0 Å². The summed E-state index contributed by atoms with van der Waals surface area (Å²) in [5, 5.41) is 2.88. The van der Waals surface area contributed by atoms with E-state index in [1.165, 1.54) is 37.3 Å². The average molecular weight is 335 g/mol. The van der Waals surface area contributed by atoms with Gasteiger partial charge in [0.1, 0.15) is 0 Å². The standard InChI is InChI=1S/C20H16Se/c1-13-10-11-19-18(12-13)17-9-5-8-16(20(17)21-19)15-7-4-3-6-14(15)2/h3-12H,1-2H3. The van der Waals surface area contributed by atoms with Crippen LogP contribution in [0.15, 0.2) is 60.7 Å². The molecule has 0 aliphatic rings. The zero-order valence-electron chi connectivity index (χ0n) is 12.2. The first-order valence-corrected chi connectivity index (χ1v) is 8.93. The quantitative estimate of drug-likeness (QED) is 0.412. The molecule has 1 aromatic heterocycles. The van der Waals surface area contributed by atoms with Gasteiger partial charge in [0.25, 0.3) is 0 Å². The van der Waals surface area contributed by atoms with Gasteiger partial charge in [-0.3, -0.25) is 0 Å². The predicted octanol–water partition coefficient (Wildman–Crippen LogP) is 5.33. The SMILES string of the molecule is Cc1ccc2[se]c3c(-c4ccccc4C)cccc3c2c1. The van der Waals surface area contributed by atoms with Gasteiger partial charge >= 0.3 is 131 Å². The summed E-state index contributed by atoms with van der Waals surface area (Å²) in [7, 11) is 0. The Hall–Kier alpha value is -1.82. The second-order valence-corrected chi connectivity index (χ2v) is 7.81. The van der Waals surface area contributed by atoms with Crippen molar-refractivity contribution in [2.24, 2.45) is 0 Å². The van der Waals surface area contributed by atoms with Gasteiger partial charge in [0.2, 0.25) is 0 Å². The molecule has 3 aromatic carbocycles. The van der Waals surface area contributed by atoms with Gasteiger partial charge in [0.15, 0.2) is 0 Å². The van der Waals surface area contributed by atoms with Gasteiger partial charge in [0.05, 0.1) is 0 Å². The number of fused-ring (bicyclic) bond motifs is 3. The summed E-state index contributed by atoms with van der Waals surface area (Å²) in [4.78, 5) is 0. The molecule has 0 amide bonds. The molecule has 102 valence electrons. The minimum absolute atomic E-state index is 0.414. The Bertz CT molecular complexity index is 960. The fraction of sp³-hybridized carbons (Fsp3) is 0.100. The molecule has 0 aliphatic heterocycles. The molecular weight excluding hydrogens is 319 g/mol. The summed E-state index contributed by atoms with van der Waals surface area (Å²) in [6.07, 6.45) is 0. The Morgan fingerprint density at radius 3 is 2.38 bits per heavy atom. The van der Waals surface area contributed by atoms with Crippen molar-refractivity contribution in [3.05, 3.63) is 71.8 Å². The summed E-state index contributed by atoms with van der Waals surface area (Å²) in [5.41, 5.74) is 5.49. The summed E-state index contributed by atoms with van der Waals surface area (Å²) in [5.74, 6) is 0. The minimum atomic E-state index is 0.414. The maximum atomic E-state index is 2.34. The first kappa shape index (κ1) is 12.9. The van der Waals surface area contributed by atoms with Crippen molar-refractivity contribution in [2.75, 3.05) is 0 Å². The molecule has 0 saturated heterocycles. The molecule has 0 spiro atoms. The van der Waals surface area contributed by atoms with Crippen molar-refractivity contribution in [1.29, 1.82) is 0 Å². The molecule has 0 saturated carbocycles. The van der Waals surface area contributed by atoms with Gasteiger partial charge in [-0.1, -0.05) is 0 Å². The Morgan fingerprint density at radius 1 is 0.714 bits per heavy atom. The van der Waals surface area contributed by atoms with E-state index in [1.54, 1.807) is 4.26 Å². The maximum absolute atomic E-state index is 2.34. The number of aryl methyl sites for hydroxylation is 2. The van der Waals surface area contributed by atoms with E-state index < -0.39 is 0 Å². The first-order chi connectivity index (χ1) is 10.2. The van der Waals surface area contributed by atoms with Crippen molar-refractivity contribution >= 4 is 33.8 Å². The number of hydrogen-bond donors (Lipinski definition) is 0. The normalized spacial score (nSPS) is 11.3. The van der Waals surface area contributed by atoms with Crippen LogP contribution in [0.3, 0.4) is 0 Å². The van der Waals surface area contributed by atoms with Gasteiger partial charge in [-0.05, 0) is 0 Å². The van der Waals surface area contributed by atoms with Crippen molar-refractivity contribution in [3.8, 4) is 11.1 Å². The predicted molar refractivity (Wildman–Crippen MR) is 93.3 cm³/mol. The van der Waals surface area contributed by atoms with Gasteiger partial charge in [0, 0.05) is 0 Å². The van der Waals surface area contributed by atoms with E-state index in [-0.39, 0.29) is 0 Å². The van der Waals surface area contributed by atoms with Crippen LogP contribution < -0.4 is 0 Å². The van der Waals surface area contributed by atoms with Crippen LogP contribution in [-0.4, -0.2) is 14.5 Å². The van der Waals surface area contributed by atoms with Crippen LogP contribution in [0.5, 0.6) is 0 Å². The summed E-state index contributed by atoms with van der Waals surface area (Å²) >= 11 is 0.414. The van der Waals surface area contributed by atoms with Gasteiger partial charge in [-0.2, -0.15) is 0 Å². The van der Waals surface area contributed by atoms with Gasteiger partial charge in [-0.15, -0.1) is 0 Å². The Kier molecular flexibility index (Phi) is 2.99. The third-order valence-corrected chi connectivity index (χ3v) is 6.65. The van der Waals surface area contributed by atoms with Crippen LogP contribution in [0.1, 0.15) is 11.1 Å². The van der Waals surface area contributed by atoms with Crippen LogP contribution >= 0.6 is 0 Å². The zero-order chi connectivity index (χ0) is 14.4. The second kappa shape index (κ2) is 4.87. The molecule has 1 heteroatoms. The molecule has 0 fully saturated rings. The van der Waals surface area contributed by atoms with E-state index in [0.29, 0.717) is 14.5 Å². The zero-order valence-corrected chi connectivity index (χ0v) is 13.9. The third kappa shape index (κ3) is 2.05. The van der Waals surface area contributed by atoms with E-state index in [9.17, 15) is 0 Å². The van der Waals surface area contributed by atoms with Crippen molar-refractivity contribution < 1.29 is 0 Å². The summed E-state index contributed by atoms with van der Waals surface area (Å²) < 4.78 is 3.06. The molecule has 1 heterocycles. The average Bonchev–Trinajstić information content (AvgIpc) is 2.86. The van der Waals surface area contributed by atoms with Crippen molar-refractivity contribution in [2.45, 2.75) is 13.8 Å². The molecule has 4 rings (SSSR count). The number of benzene rings is 3. The third-order valence-electron chi connectivity index (χ3n) is 4.09. The Labute approximate surface area is 130 Å². The molecule has 0 aliphatic carbocycles. The van der Waals surface area contributed by atoms with E-state index in [2.05, 4.69) is 74.5 Å². The number of rotatable bonds is 1. The Balaban J connectivity index is 2.12. The molecule has 4 aromatic rings. The van der Waals surface area contributed by atoms with Crippen molar-refractivity contribution in [1.82, 2.24) is 0 Å². The fourth-order valence-electron chi connectivity index (χ4n) is 3.00. The van der Waals surface area contributed by atoms with E-state index in [1.807, 2.05) is 0 Å². The first-order valence-electron chi connectivity index (χ1n) is 7.22. The molecule has 21 heavy (non-hydrogen) atoms. The molecule has 0 radical (unpaired) electrons. The summed E-state index contributed by atoms with van der Waals surface area (Å²) in [6, 6.07) is 22.4. The molecule has 0 bridgehead atoms. The molecule has 0 N–H and O–H groups in total. The second-order valence-electron chi connectivity index (χ2n) is 5.60. The van der Waals surface area contributed by atoms with E-state index in [4.69, 9.17) is 0 Å². The van der Waals surface area contributed by atoms with Crippen molar-refractivity contribution in [3.63, 3.8) is 0 Å². The van der Waals surface area contributed by atoms with E-state index >= 15 is 0 Å². The molecular formula is C20H16Se. The van der Waals surface area contributed by atoms with Gasteiger partial charge < -0.3 is 0 Å². The topological polar surface area (TPSA) is 0 Å². The van der Waals surface area contributed by atoms with Gasteiger partial charge in [-0.25, -0.2) is 0 Å². The fourth-order valence-corrected chi connectivity index (χ4v) is 5.54. The molecule has 0 nitrogen and oxygen atoms in total. The number of hydrogen-bond acceptors (Lipinski definition) is 0. The molecule has 0 atom stereocenters. The monoisotopic (exact) mass is 336 g/mol. The van der Waals surface area contributed by atoms with Crippen LogP contribution in [0, 0.1) is 13.8 Å². The van der Waals surface area contributed by atoms with Crippen LogP contribution in [-0.2, 0) is 0 Å². The summed E-state index contributed by atoms with van der Waals surface area (Å²) in [6.45, 7) is 4.38. The molecule has 0 unspecified atom stereocenters. The van der Waals surface area contributed by atoms with E-state index in [0.717, 1.165) is 0 Å². The van der Waals surface area contributed by atoms with Crippen LogP contribution in [0.2, 0.25) is 0 Å².